The monoisotopic (exact) mass is 354 g/mol. The van der Waals surface area contributed by atoms with E-state index in [9.17, 15) is 18.0 Å². The Labute approximate surface area is 140 Å². The molecule has 2 aromatic rings. The fourth-order valence-electron chi connectivity index (χ4n) is 1.92. The zero-order chi connectivity index (χ0) is 17.8. The van der Waals surface area contributed by atoms with Gasteiger partial charge in [0.1, 0.15) is 12.4 Å². The quantitative estimate of drug-likeness (QED) is 0.819. The molecule has 0 aliphatic heterocycles. The SMILES string of the molecule is O=C(NCc1cncnc1OC1CC1)c1cnc(OC(F)F)c(F)c1. The molecule has 1 N–H and O–H groups in total. The maximum Gasteiger partial charge on any atom is 0.388 e. The van der Waals surface area contributed by atoms with Crippen molar-refractivity contribution >= 4 is 5.91 Å². The number of hydrogen-bond donors (Lipinski definition) is 1. The Morgan fingerprint density at radius 3 is 2.76 bits per heavy atom. The molecule has 1 amide bonds. The first kappa shape index (κ1) is 16.9. The summed E-state index contributed by atoms with van der Waals surface area (Å²) in [5.74, 6) is -2.30. The molecule has 0 radical (unpaired) electrons. The lowest BCUT2D eigenvalue weighted by atomic mass is 10.2. The molecule has 0 bridgehead atoms. The van der Waals surface area contributed by atoms with Gasteiger partial charge >= 0.3 is 6.61 Å². The van der Waals surface area contributed by atoms with Crippen molar-refractivity contribution < 1.29 is 27.4 Å². The second kappa shape index (κ2) is 7.32. The molecule has 0 unspecified atom stereocenters. The number of nitrogens with one attached hydrogen (secondary N) is 1. The molecule has 1 aliphatic carbocycles. The Bertz CT molecular complexity index is 771. The molecule has 2 aromatic heterocycles. The van der Waals surface area contributed by atoms with Crippen LogP contribution in [0.4, 0.5) is 13.2 Å². The summed E-state index contributed by atoms with van der Waals surface area (Å²) < 4.78 is 47.2. The highest BCUT2D eigenvalue weighted by atomic mass is 19.3. The number of halogens is 3. The number of amides is 1. The molecule has 7 nitrogen and oxygen atoms in total. The van der Waals surface area contributed by atoms with E-state index in [0.29, 0.717) is 11.4 Å². The van der Waals surface area contributed by atoms with Crippen LogP contribution in [0.5, 0.6) is 11.8 Å². The van der Waals surface area contributed by atoms with Crippen molar-refractivity contribution in [1.82, 2.24) is 20.3 Å². The second-order valence-electron chi connectivity index (χ2n) is 5.24. The molecule has 2 heterocycles. The summed E-state index contributed by atoms with van der Waals surface area (Å²) in [6.07, 6.45) is 5.82. The number of hydrogen-bond acceptors (Lipinski definition) is 6. The average Bonchev–Trinajstić information content (AvgIpc) is 3.39. The average molecular weight is 354 g/mol. The lowest BCUT2D eigenvalue weighted by Gasteiger charge is -2.10. The van der Waals surface area contributed by atoms with E-state index in [4.69, 9.17) is 4.74 Å². The largest absolute Gasteiger partial charge is 0.474 e. The van der Waals surface area contributed by atoms with E-state index in [1.165, 1.54) is 12.5 Å². The maximum atomic E-state index is 13.6. The van der Waals surface area contributed by atoms with Crippen molar-refractivity contribution in [2.45, 2.75) is 32.1 Å². The normalized spacial score (nSPS) is 13.6. The van der Waals surface area contributed by atoms with Crippen molar-refractivity contribution in [2.75, 3.05) is 0 Å². The van der Waals surface area contributed by atoms with Gasteiger partial charge in [-0.15, -0.1) is 0 Å². The first-order valence-electron chi connectivity index (χ1n) is 7.37. The molecule has 0 spiro atoms. The number of carbonyl (C=O) groups is 1. The number of alkyl halides is 2. The molecule has 3 rings (SSSR count). The van der Waals surface area contributed by atoms with Gasteiger partial charge < -0.3 is 14.8 Å². The molecule has 0 aromatic carbocycles. The Kier molecular flexibility index (Phi) is 4.96. The third-order valence-electron chi connectivity index (χ3n) is 3.26. The minimum Gasteiger partial charge on any atom is -0.474 e. The summed E-state index contributed by atoms with van der Waals surface area (Å²) in [5.41, 5.74) is 0.425. The molecule has 1 fully saturated rings. The van der Waals surface area contributed by atoms with Crippen LogP contribution in [0, 0.1) is 5.82 Å². The molecule has 25 heavy (non-hydrogen) atoms. The van der Waals surface area contributed by atoms with Crippen LogP contribution in [0.15, 0.2) is 24.8 Å². The second-order valence-corrected chi connectivity index (χ2v) is 5.24. The summed E-state index contributed by atoms with van der Waals surface area (Å²) in [7, 11) is 0. The summed E-state index contributed by atoms with van der Waals surface area (Å²) in [4.78, 5) is 23.3. The first-order valence-corrected chi connectivity index (χ1v) is 7.37. The van der Waals surface area contributed by atoms with Crippen molar-refractivity contribution in [2.24, 2.45) is 0 Å². The predicted molar refractivity (Wildman–Crippen MR) is 77.7 cm³/mol. The summed E-state index contributed by atoms with van der Waals surface area (Å²) in [6, 6.07) is 0.767. The smallest absolute Gasteiger partial charge is 0.388 e. The lowest BCUT2D eigenvalue weighted by Crippen LogP contribution is -2.24. The zero-order valence-corrected chi connectivity index (χ0v) is 12.8. The molecule has 0 atom stereocenters. The van der Waals surface area contributed by atoms with Crippen molar-refractivity contribution in [3.8, 4) is 11.8 Å². The van der Waals surface area contributed by atoms with Crippen LogP contribution in [0.2, 0.25) is 0 Å². The number of rotatable bonds is 7. The lowest BCUT2D eigenvalue weighted by molar-refractivity contribution is -0.0553. The molecule has 1 saturated carbocycles. The van der Waals surface area contributed by atoms with Gasteiger partial charge in [0.25, 0.3) is 11.8 Å². The molecule has 10 heteroatoms. The number of nitrogens with zero attached hydrogens (tertiary/aromatic N) is 3. The van der Waals surface area contributed by atoms with Crippen molar-refractivity contribution in [3.05, 3.63) is 41.7 Å². The van der Waals surface area contributed by atoms with Gasteiger partial charge in [0.15, 0.2) is 5.82 Å². The minimum atomic E-state index is -3.20. The third-order valence-corrected chi connectivity index (χ3v) is 3.26. The van der Waals surface area contributed by atoms with Gasteiger partial charge in [-0.3, -0.25) is 4.79 Å². The molecule has 132 valence electrons. The van der Waals surface area contributed by atoms with Crippen LogP contribution >= 0.6 is 0 Å². The van der Waals surface area contributed by atoms with E-state index in [2.05, 4.69) is 25.0 Å². The summed E-state index contributed by atoms with van der Waals surface area (Å²) in [5, 5.41) is 2.54. The van der Waals surface area contributed by atoms with E-state index >= 15 is 0 Å². The van der Waals surface area contributed by atoms with Gasteiger partial charge in [-0.25, -0.2) is 19.3 Å². The standard InChI is InChI=1S/C15H13F3N4O3/c16-11-3-8(5-21-14(11)25-15(17)18)12(23)20-6-9-4-19-7-22-13(9)24-10-1-2-10/h3-5,7,10,15H,1-2,6H2,(H,20,23). The third kappa shape index (κ3) is 4.55. The summed E-state index contributed by atoms with van der Waals surface area (Å²) >= 11 is 0. The van der Waals surface area contributed by atoms with Gasteiger partial charge in [0, 0.05) is 18.9 Å². The molecule has 0 saturated heterocycles. The van der Waals surface area contributed by atoms with Crippen molar-refractivity contribution in [1.29, 1.82) is 0 Å². The number of aromatic nitrogens is 3. The predicted octanol–water partition coefficient (Wildman–Crippen LogP) is 2.08. The number of pyridine rings is 1. The zero-order valence-electron chi connectivity index (χ0n) is 12.8. The van der Waals surface area contributed by atoms with Crippen LogP contribution in [0.1, 0.15) is 28.8 Å². The van der Waals surface area contributed by atoms with Crippen LogP contribution in [-0.4, -0.2) is 33.6 Å². The van der Waals surface area contributed by atoms with Crippen LogP contribution in [-0.2, 0) is 6.54 Å². The topological polar surface area (TPSA) is 86.2 Å². The van der Waals surface area contributed by atoms with Gasteiger partial charge in [0.2, 0.25) is 5.88 Å². The van der Waals surface area contributed by atoms with Gasteiger partial charge in [-0.2, -0.15) is 8.78 Å². The van der Waals surface area contributed by atoms with Gasteiger partial charge in [-0.05, 0) is 18.9 Å². The van der Waals surface area contributed by atoms with Gasteiger partial charge in [0.05, 0.1) is 11.1 Å². The first-order chi connectivity index (χ1) is 12.0. The minimum absolute atomic E-state index is 0.0542. The Hall–Kier alpha value is -2.91. The Balaban J connectivity index is 1.64. The molecular formula is C15H13F3N4O3. The van der Waals surface area contributed by atoms with E-state index < -0.39 is 24.2 Å². The van der Waals surface area contributed by atoms with Crippen molar-refractivity contribution in [3.63, 3.8) is 0 Å². The molecular weight excluding hydrogens is 341 g/mol. The fourth-order valence-corrected chi connectivity index (χ4v) is 1.92. The van der Waals surface area contributed by atoms with E-state index in [1.807, 2.05) is 0 Å². The highest BCUT2D eigenvalue weighted by molar-refractivity contribution is 5.93. The number of ether oxygens (including phenoxy) is 2. The van der Waals surface area contributed by atoms with Crippen LogP contribution < -0.4 is 14.8 Å². The van der Waals surface area contributed by atoms with E-state index in [1.54, 1.807) is 0 Å². The van der Waals surface area contributed by atoms with Crippen LogP contribution in [0.25, 0.3) is 0 Å². The Morgan fingerprint density at radius 1 is 1.28 bits per heavy atom. The van der Waals surface area contributed by atoms with Gasteiger partial charge in [-0.1, -0.05) is 0 Å². The van der Waals surface area contributed by atoms with Crippen LogP contribution in [0.3, 0.4) is 0 Å². The highest BCUT2D eigenvalue weighted by Gasteiger charge is 2.25. The maximum absolute atomic E-state index is 13.6. The number of carbonyl (C=O) groups excluding carboxylic acids is 1. The highest BCUT2D eigenvalue weighted by Crippen LogP contribution is 2.27. The van der Waals surface area contributed by atoms with E-state index in [-0.39, 0.29) is 18.2 Å². The fraction of sp³-hybridized carbons (Fsp3) is 0.333. The Morgan fingerprint density at radius 2 is 2.08 bits per heavy atom. The summed E-state index contributed by atoms with van der Waals surface area (Å²) in [6.45, 7) is -3.15. The molecule has 1 aliphatic rings. The van der Waals surface area contributed by atoms with E-state index in [0.717, 1.165) is 25.1 Å².